The third-order valence-corrected chi connectivity index (χ3v) is 6.95. The van der Waals surface area contributed by atoms with E-state index in [0.717, 1.165) is 15.4 Å². The van der Waals surface area contributed by atoms with E-state index in [9.17, 15) is 18.3 Å². The number of hydrogen-bond donors (Lipinski definition) is 2. The van der Waals surface area contributed by atoms with Gasteiger partial charge in [0, 0.05) is 5.56 Å². The van der Waals surface area contributed by atoms with Gasteiger partial charge in [0.25, 0.3) is 15.9 Å². The van der Waals surface area contributed by atoms with Crippen LogP contribution in [0.2, 0.25) is 0 Å². The summed E-state index contributed by atoms with van der Waals surface area (Å²) in [5.41, 5.74) is 4.81. The Morgan fingerprint density at radius 1 is 1.09 bits per heavy atom. The number of carbonyl (C=O) groups excluding carboxylic acids is 1. The monoisotopic (exact) mass is 481 g/mol. The van der Waals surface area contributed by atoms with Gasteiger partial charge in [-0.25, -0.2) is 13.8 Å². The smallest absolute Gasteiger partial charge is 0.264 e. The lowest BCUT2D eigenvalue weighted by Crippen LogP contribution is -2.40. The fraction of sp³-hybridized carbons (Fsp3) is 0.200. The minimum atomic E-state index is -4.03. The van der Waals surface area contributed by atoms with Gasteiger partial charge in [-0.1, -0.05) is 48.9 Å². The summed E-state index contributed by atoms with van der Waals surface area (Å²) >= 11 is 0. The number of para-hydroxylation sites is 2. The maximum atomic E-state index is 13.5. The van der Waals surface area contributed by atoms with Gasteiger partial charge in [-0.15, -0.1) is 0 Å². The number of phenolic OH excluding ortho intramolecular Hbond substituents is 1. The lowest BCUT2D eigenvalue weighted by molar-refractivity contribution is -0.119. The van der Waals surface area contributed by atoms with Gasteiger partial charge in [-0.2, -0.15) is 5.10 Å². The first-order valence-electron chi connectivity index (χ1n) is 10.6. The number of amides is 1. The number of benzene rings is 3. The number of anilines is 1. The van der Waals surface area contributed by atoms with Crippen molar-refractivity contribution in [3.05, 3.63) is 83.4 Å². The van der Waals surface area contributed by atoms with Crippen LogP contribution < -0.4 is 14.5 Å². The number of nitrogens with zero attached hydrogens (tertiary/aromatic N) is 2. The number of aromatic hydroxyl groups is 1. The molecule has 0 radical (unpaired) electrons. The van der Waals surface area contributed by atoms with E-state index >= 15 is 0 Å². The van der Waals surface area contributed by atoms with Crippen LogP contribution >= 0.6 is 0 Å². The third-order valence-electron chi connectivity index (χ3n) is 5.18. The molecule has 178 valence electrons. The SMILES string of the molecule is CCc1ccccc1N(CC(=O)N/N=C\c1cccc(OC)c1O)S(=O)(=O)c1ccc(C)cc1. The number of sulfonamides is 1. The molecule has 0 spiro atoms. The number of methoxy groups -OCH3 is 1. The molecule has 0 fully saturated rings. The summed E-state index contributed by atoms with van der Waals surface area (Å²) in [5.74, 6) is -0.495. The second-order valence-electron chi connectivity index (χ2n) is 7.50. The maximum Gasteiger partial charge on any atom is 0.264 e. The molecular formula is C25H27N3O5S. The predicted molar refractivity (Wildman–Crippen MR) is 132 cm³/mol. The molecular weight excluding hydrogens is 454 g/mol. The minimum absolute atomic E-state index is 0.0848. The molecule has 3 rings (SSSR count). The standard InChI is InChI=1S/C25H27N3O5S/c1-4-19-8-5-6-10-22(19)28(34(31,32)21-14-12-18(2)13-15-21)17-24(29)27-26-16-20-9-7-11-23(33-3)25(20)30/h5-16,30H,4,17H2,1-3H3,(H,27,29)/b26-16-. The van der Waals surface area contributed by atoms with Gasteiger partial charge in [0.2, 0.25) is 0 Å². The molecule has 0 aliphatic carbocycles. The van der Waals surface area contributed by atoms with Crippen molar-refractivity contribution in [3.8, 4) is 11.5 Å². The molecule has 0 atom stereocenters. The number of carbonyl (C=O) groups is 1. The molecule has 3 aromatic rings. The van der Waals surface area contributed by atoms with E-state index in [2.05, 4.69) is 10.5 Å². The summed E-state index contributed by atoms with van der Waals surface area (Å²) in [6.07, 6.45) is 1.85. The Labute approximate surface area is 199 Å². The number of phenols is 1. The van der Waals surface area contributed by atoms with Gasteiger partial charge in [0.15, 0.2) is 11.5 Å². The van der Waals surface area contributed by atoms with Crippen LogP contribution in [0.15, 0.2) is 76.7 Å². The fourth-order valence-corrected chi connectivity index (χ4v) is 4.80. The molecule has 0 unspecified atom stereocenters. The predicted octanol–water partition coefficient (Wildman–Crippen LogP) is 3.62. The van der Waals surface area contributed by atoms with Crippen LogP contribution in [-0.2, 0) is 21.2 Å². The first kappa shape index (κ1) is 24.8. The molecule has 9 heteroatoms. The lowest BCUT2D eigenvalue weighted by atomic mass is 10.1. The third kappa shape index (κ3) is 5.55. The van der Waals surface area contributed by atoms with Crippen molar-refractivity contribution in [2.75, 3.05) is 18.0 Å². The maximum absolute atomic E-state index is 13.5. The van der Waals surface area contributed by atoms with Crippen LogP contribution in [-0.4, -0.2) is 39.3 Å². The fourth-order valence-electron chi connectivity index (χ4n) is 3.34. The van der Waals surface area contributed by atoms with Gasteiger partial charge in [-0.05, 0) is 49.2 Å². The molecule has 8 nitrogen and oxygen atoms in total. The molecule has 3 aromatic carbocycles. The lowest BCUT2D eigenvalue weighted by Gasteiger charge is -2.25. The Kier molecular flexibility index (Phi) is 7.91. The average molecular weight is 482 g/mol. The number of hydrogen-bond acceptors (Lipinski definition) is 6. The van der Waals surface area contributed by atoms with Crippen LogP contribution in [0.5, 0.6) is 11.5 Å². The van der Waals surface area contributed by atoms with Crippen LogP contribution in [0.1, 0.15) is 23.6 Å². The normalized spacial score (nSPS) is 11.4. The molecule has 0 heterocycles. The van der Waals surface area contributed by atoms with Crippen molar-refractivity contribution in [1.29, 1.82) is 0 Å². The molecule has 0 aromatic heterocycles. The first-order chi connectivity index (χ1) is 16.3. The van der Waals surface area contributed by atoms with E-state index < -0.39 is 22.5 Å². The van der Waals surface area contributed by atoms with E-state index in [1.54, 1.807) is 42.5 Å². The van der Waals surface area contributed by atoms with Crippen molar-refractivity contribution >= 4 is 27.8 Å². The summed E-state index contributed by atoms with van der Waals surface area (Å²) < 4.78 is 33.2. The van der Waals surface area contributed by atoms with Crippen molar-refractivity contribution in [2.24, 2.45) is 5.10 Å². The van der Waals surface area contributed by atoms with E-state index in [1.807, 2.05) is 26.0 Å². The van der Waals surface area contributed by atoms with Crippen molar-refractivity contribution in [3.63, 3.8) is 0 Å². The zero-order chi connectivity index (χ0) is 24.7. The Morgan fingerprint density at radius 2 is 1.79 bits per heavy atom. The van der Waals surface area contributed by atoms with Crippen molar-refractivity contribution in [2.45, 2.75) is 25.2 Å². The van der Waals surface area contributed by atoms with Crippen molar-refractivity contribution < 1.29 is 23.1 Å². The number of hydrazone groups is 1. The molecule has 2 N–H and O–H groups in total. The summed E-state index contributed by atoms with van der Waals surface area (Å²) in [6.45, 7) is 3.31. The Hall–Kier alpha value is -3.85. The second-order valence-corrected chi connectivity index (χ2v) is 9.36. The van der Waals surface area contributed by atoms with Gasteiger partial charge in [0.05, 0.1) is 23.9 Å². The summed E-state index contributed by atoms with van der Waals surface area (Å²) in [6, 6.07) is 18.4. The highest BCUT2D eigenvalue weighted by molar-refractivity contribution is 7.92. The topological polar surface area (TPSA) is 108 Å². The Bertz CT molecular complexity index is 1290. The van der Waals surface area contributed by atoms with Crippen LogP contribution in [0.4, 0.5) is 5.69 Å². The quantitative estimate of drug-likeness (QED) is 0.359. The number of aryl methyl sites for hydroxylation is 2. The Morgan fingerprint density at radius 3 is 2.47 bits per heavy atom. The van der Waals surface area contributed by atoms with E-state index in [0.29, 0.717) is 17.7 Å². The van der Waals surface area contributed by atoms with Gasteiger partial charge in [0.1, 0.15) is 6.54 Å². The second kappa shape index (κ2) is 10.8. The largest absolute Gasteiger partial charge is 0.504 e. The highest BCUT2D eigenvalue weighted by Gasteiger charge is 2.28. The van der Waals surface area contributed by atoms with Gasteiger partial charge in [-0.3, -0.25) is 9.10 Å². The molecule has 0 aliphatic rings. The van der Waals surface area contributed by atoms with E-state index in [1.165, 1.54) is 25.5 Å². The molecule has 0 aliphatic heterocycles. The summed E-state index contributed by atoms with van der Waals surface area (Å²) in [5, 5.41) is 14.0. The first-order valence-corrected chi connectivity index (χ1v) is 12.1. The average Bonchev–Trinajstić information content (AvgIpc) is 2.83. The van der Waals surface area contributed by atoms with Crippen molar-refractivity contribution in [1.82, 2.24) is 5.43 Å². The zero-order valence-electron chi connectivity index (χ0n) is 19.2. The van der Waals surface area contributed by atoms with Gasteiger partial charge < -0.3 is 9.84 Å². The van der Waals surface area contributed by atoms with E-state index in [4.69, 9.17) is 4.74 Å². The number of rotatable bonds is 9. The highest BCUT2D eigenvalue weighted by atomic mass is 32.2. The summed E-state index contributed by atoms with van der Waals surface area (Å²) in [4.78, 5) is 12.8. The van der Waals surface area contributed by atoms with Crippen LogP contribution in [0.25, 0.3) is 0 Å². The van der Waals surface area contributed by atoms with Crippen LogP contribution in [0, 0.1) is 6.92 Å². The molecule has 1 amide bonds. The number of nitrogens with one attached hydrogen (secondary N) is 1. The van der Waals surface area contributed by atoms with Gasteiger partial charge >= 0.3 is 0 Å². The summed E-state index contributed by atoms with van der Waals surface area (Å²) in [7, 11) is -2.60. The molecule has 34 heavy (non-hydrogen) atoms. The molecule has 0 saturated carbocycles. The Balaban J connectivity index is 1.89. The number of ether oxygens (including phenoxy) is 1. The zero-order valence-corrected chi connectivity index (χ0v) is 20.0. The minimum Gasteiger partial charge on any atom is -0.504 e. The molecule has 0 saturated heterocycles. The van der Waals surface area contributed by atoms with Crippen LogP contribution in [0.3, 0.4) is 0 Å². The molecule has 0 bridgehead atoms. The van der Waals surface area contributed by atoms with E-state index in [-0.39, 0.29) is 16.4 Å². The highest BCUT2D eigenvalue weighted by Crippen LogP contribution is 2.29.